The number of ether oxygens (including phenoxy) is 1. The van der Waals surface area contributed by atoms with E-state index in [-0.39, 0.29) is 6.03 Å². The fraction of sp³-hybridized carbons (Fsp3) is 0.238. The van der Waals surface area contributed by atoms with Crippen LogP contribution >= 0.6 is 0 Å². The summed E-state index contributed by atoms with van der Waals surface area (Å²) in [6, 6.07) is 14.0. The van der Waals surface area contributed by atoms with E-state index in [0.717, 1.165) is 33.7 Å². The molecule has 0 atom stereocenters. The molecule has 0 bridgehead atoms. The van der Waals surface area contributed by atoms with Crippen molar-refractivity contribution in [1.82, 2.24) is 15.1 Å². The first-order chi connectivity index (χ1) is 13.2. The van der Waals surface area contributed by atoms with Crippen molar-refractivity contribution in [3.05, 3.63) is 66.0 Å². The van der Waals surface area contributed by atoms with Crippen molar-refractivity contribution in [2.45, 2.75) is 13.5 Å². The molecule has 1 aliphatic rings. The summed E-state index contributed by atoms with van der Waals surface area (Å²) in [6.45, 7) is 4.03. The number of nitrogens with one attached hydrogen (secondary N) is 1. The molecule has 2 heterocycles. The summed E-state index contributed by atoms with van der Waals surface area (Å²) in [4.78, 5) is 16.6. The van der Waals surface area contributed by atoms with E-state index >= 15 is 0 Å². The maximum absolute atomic E-state index is 12.9. The summed E-state index contributed by atoms with van der Waals surface area (Å²) >= 11 is 0. The average Bonchev–Trinajstić information content (AvgIpc) is 3.33. The van der Waals surface area contributed by atoms with Crippen LogP contribution in [0.3, 0.4) is 0 Å². The second-order valence-corrected chi connectivity index (χ2v) is 6.69. The Morgan fingerprint density at radius 1 is 1.19 bits per heavy atom. The first kappa shape index (κ1) is 17.1. The lowest BCUT2D eigenvalue weighted by atomic mass is 10.0. The molecule has 0 radical (unpaired) electrons. The van der Waals surface area contributed by atoms with Gasteiger partial charge in [-0.3, -0.25) is 10.00 Å². The van der Waals surface area contributed by atoms with E-state index < -0.39 is 0 Å². The Labute approximate surface area is 158 Å². The summed E-state index contributed by atoms with van der Waals surface area (Å²) in [6.07, 6.45) is 3.68. The third-order valence-electron chi connectivity index (χ3n) is 4.93. The van der Waals surface area contributed by atoms with Crippen molar-refractivity contribution < 1.29 is 9.53 Å². The van der Waals surface area contributed by atoms with Crippen molar-refractivity contribution >= 4 is 11.7 Å². The smallest absolute Gasteiger partial charge is 0.324 e. The number of carbonyl (C=O) groups is 1. The number of methoxy groups -OCH3 is 1. The van der Waals surface area contributed by atoms with E-state index in [2.05, 4.69) is 23.2 Å². The highest BCUT2D eigenvalue weighted by Crippen LogP contribution is 2.29. The van der Waals surface area contributed by atoms with Crippen LogP contribution < -0.4 is 9.64 Å². The minimum atomic E-state index is 0.0354. The van der Waals surface area contributed by atoms with Crippen molar-refractivity contribution in [3.8, 4) is 16.9 Å². The summed E-state index contributed by atoms with van der Waals surface area (Å²) in [7, 11) is 1.65. The van der Waals surface area contributed by atoms with Gasteiger partial charge in [0.2, 0.25) is 0 Å². The molecule has 0 saturated carbocycles. The number of rotatable bonds is 5. The lowest BCUT2D eigenvalue weighted by molar-refractivity contribution is 0.218. The fourth-order valence-corrected chi connectivity index (χ4v) is 3.50. The van der Waals surface area contributed by atoms with Crippen LogP contribution in [0.25, 0.3) is 11.1 Å². The molecule has 3 aromatic rings. The molecule has 4 rings (SSSR count). The van der Waals surface area contributed by atoms with Gasteiger partial charge in [-0.05, 0) is 47.9 Å². The van der Waals surface area contributed by atoms with Gasteiger partial charge in [-0.15, -0.1) is 0 Å². The van der Waals surface area contributed by atoms with Gasteiger partial charge in [0.1, 0.15) is 5.75 Å². The van der Waals surface area contributed by atoms with Gasteiger partial charge in [0, 0.05) is 37.1 Å². The summed E-state index contributed by atoms with van der Waals surface area (Å²) < 4.78 is 5.27. The lowest BCUT2D eigenvalue weighted by Crippen LogP contribution is -2.31. The number of aromatic amines is 1. The summed E-state index contributed by atoms with van der Waals surface area (Å²) in [5.41, 5.74) is 5.28. The maximum atomic E-state index is 12.9. The van der Waals surface area contributed by atoms with Crippen LogP contribution in [0.15, 0.2) is 54.9 Å². The molecule has 1 fully saturated rings. The molecule has 1 N–H and O–H groups in total. The molecule has 6 heteroatoms. The number of benzene rings is 2. The second kappa shape index (κ2) is 7.15. The highest BCUT2D eigenvalue weighted by atomic mass is 16.5. The number of urea groups is 1. The molecule has 0 unspecified atom stereocenters. The van der Waals surface area contributed by atoms with Crippen molar-refractivity contribution in [3.63, 3.8) is 0 Å². The van der Waals surface area contributed by atoms with Gasteiger partial charge in [-0.1, -0.05) is 18.2 Å². The van der Waals surface area contributed by atoms with Gasteiger partial charge < -0.3 is 9.64 Å². The average molecular weight is 362 g/mol. The minimum Gasteiger partial charge on any atom is -0.497 e. The molecule has 138 valence electrons. The molecule has 0 aliphatic carbocycles. The number of carbonyl (C=O) groups excluding carboxylic acids is 1. The molecule has 2 aromatic carbocycles. The maximum Gasteiger partial charge on any atom is 0.324 e. The Hall–Kier alpha value is -3.28. The zero-order valence-corrected chi connectivity index (χ0v) is 15.5. The fourth-order valence-electron chi connectivity index (χ4n) is 3.50. The van der Waals surface area contributed by atoms with Crippen LogP contribution in [-0.4, -0.2) is 41.3 Å². The quantitative estimate of drug-likeness (QED) is 0.750. The molecule has 1 aromatic heterocycles. The number of hydrogen-bond acceptors (Lipinski definition) is 3. The number of aromatic nitrogens is 2. The SMILES string of the molecule is COc1cccc(CN2CCN(c3ccc(-c4cn[nH]c4)c(C)c3)C2=O)c1. The molecular formula is C21H22N4O2. The van der Waals surface area contributed by atoms with Gasteiger partial charge in [0.15, 0.2) is 0 Å². The third-order valence-corrected chi connectivity index (χ3v) is 4.93. The lowest BCUT2D eigenvalue weighted by Gasteiger charge is -2.20. The normalized spacial score (nSPS) is 14.1. The van der Waals surface area contributed by atoms with E-state index in [0.29, 0.717) is 19.6 Å². The topological polar surface area (TPSA) is 61.5 Å². The van der Waals surface area contributed by atoms with Gasteiger partial charge in [0.25, 0.3) is 0 Å². The van der Waals surface area contributed by atoms with Crippen LogP contribution in [0.2, 0.25) is 0 Å². The number of anilines is 1. The number of aryl methyl sites for hydroxylation is 1. The number of hydrogen-bond donors (Lipinski definition) is 1. The van der Waals surface area contributed by atoms with Crippen LogP contribution in [0.4, 0.5) is 10.5 Å². The number of nitrogens with zero attached hydrogens (tertiary/aromatic N) is 3. The first-order valence-electron chi connectivity index (χ1n) is 8.95. The highest BCUT2D eigenvalue weighted by molar-refractivity contribution is 5.94. The van der Waals surface area contributed by atoms with E-state index in [9.17, 15) is 4.79 Å². The van der Waals surface area contributed by atoms with Crippen molar-refractivity contribution in [1.29, 1.82) is 0 Å². The Kier molecular flexibility index (Phi) is 4.54. The number of amides is 2. The Balaban J connectivity index is 1.51. The monoisotopic (exact) mass is 362 g/mol. The molecule has 1 aliphatic heterocycles. The van der Waals surface area contributed by atoms with Crippen LogP contribution in [0, 0.1) is 6.92 Å². The Morgan fingerprint density at radius 3 is 2.81 bits per heavy atom. The predicted octanol–water partition coefficient (Wildman–Crippen LogP) is 3.84. The van der Waals surface area contributed by atoms with Crippen LogP contribution in [0.5, 0.6) is 5.75 Å². The molecule has 27 heavy (non-hydrogen) atoms. The van der Waals surface area contributed by atoms with Gasteiger partial charge >= 0.3 is 6.03 Å². The van der Waals surface area contributed by atoms with Crippen molar-refractivity contribution in [2.24, 2.45) is 0 Å². The molecule has 0 spiro atoms. The third kappa shape index (κ3) is 3.38. The summed E-state index contributed by atoms with van der Waals surface area (Å²) in [5.74, 6) is 0.807. The second-order valence-electron chi connectivity index (χ2n) is 6.69. The summed E-state index contributed by atoms with van der Waals surface area (Å²) in [5, 5.41) is 6.85. The van der Waals surface area contributed by atoms with E-state index in [4.69, 9.17) is 4.74 Å². The Bertz CT molecular complexity index is 953. The minimum absolute atomic E-state index is 0.0354. The molecule has 1 saturated heterocycles. The standard InChI is InChI=1S/C21H22N4O2/c1-15-10-18(6-7-20(15)17-12-22-23-13-17)25-9-8-24(21(25)26)14-16-4-3-5-19(11-16)27-2/h3-7,10-13H,8-9,14H2,1-2H3,(H,22,23). The molecular weight excluding hydrogens is 340 g/mol. The molecule has 2 amide bonds. The van der Waals surface area contributed by atoms with Crippen LogP contribution in [0.1, 0.15) is 11.1 Å². The number of H-pyrrole nitrogens is 1. The van der Waals surface area contributed by atoms with Crippen molar-refractivity contribution in [2.75, 3.05) is 25.1 Å². The van der Waals surface area contributed by atoms with E-state index in [1.165, 1.54) is 0 Å². The van der Waals surface area contributed by atoms with E-state index in [1.807, 2.05) is 52.4 Å². The van der Waals surface area contributed by atoms with Gasteiger partial charge in [-0.2, -0.15) is 5.10 Å². The largest absolute Gasteiger partial charge is 0.497 e. The van der Waals surface area contributed by atoms with E-state index in [1.54, 1.807) is 13.3 Å². The zero-order chi connectivity index (χ0) is 18.8. The predicted molar refractivity (Wildman–Crippen MR) is 105 cm³/mol. The highest BCUT2D eigenvalue weighted by Gasteiger charge is 2.29. The molecule has 6 nitrogen and oxygen atoms in total. The first-order valence-corrected chi connectivity index (χ1v) is 8.95. The zero-order valence-electron chi connectivity index (χ0n) is 15.5. The Morgan fingerprint density at radius 2 is 2.07 bits per heavy atom. The van der Waals surface area contributed by atoms with Gasteiger partial charge in [0.05, 0.1) is 13.3 Å². The van der Waals surface area contributed by atoms with Crippen LogP contribution in [-0.2, 0) is 6.54 Å². The van der Waals surface area contributed by atoms with Gasteiger partial charge in [-0.25, -0.2) is 4.79 Å².